The summed E-state index contributed by atoms with van der Waals surface area (Å²) in [6.07, 6.45) is 4.76. The molecule has 0 spiro atoms. The molecule has 3 heterocycles. The molecule has 3 rings (SSSR count). The predicted octanol–water partition coefficient (Wildman–Crippen LogP) is 0.885. The van der Waals surface area contributed by atoms with Gasteiger partial charge in [-0.1, -0.05) is 0 Å². The number of hydrogen-bond donors (Lipinski definition) is 1. The Morgan fingerprint density at radius 1 is 1.20 bits per heavy atom. The topological polar surface area (TPSA) is 64.6 Å². The van der Waals surface area contributed by atoms with Crippen molar-refractivity contribution in [3.8, 4) is 0 Å². The summed E-state index contributed by atoms with van der Waals surface area (Å²) in [4.78, 5) is 6.72. The van der Waals surface area contributed by atoms with E-state index in [-0.39, 0.29) is 12.2 Å². The standard InChI is InChI=1S/C18H33N3O4/c1-19-18(20-6-3-8-22-13-15-5-10-23-14-15)21-7-11-25-17(12-21)16-4-2-9-24-16/h15-17H,2-14H2,1H3,(H,19,20). The normalized spacial score (nSPS) is 30.8. The van der Waals surface area contributed by atoms with Gasteiger partial charge in [-0.25, -0.2) is 0 Å². The summed E-state index contributed by atoms with van der Waals surface area (Å²) < 4.78 is 22.8. The quantitative estimate of drug-likeness (QED) is 0.416. The molecule has 3 atom stereocenters. The maximum absolute atomic E-state index is 5.91. The van der Waals surface area contributed by atoms with Crippen molar-refractivity contribution in [2.75, 3.05) is 66.3 Å². The van der Waals surface area contributed by atoms with E-state index in [0.29, 0.717) is 5.92 Å². The number of hydrogen-bond acceptors (Lipinski definition) is 5. The molecule has 144 valence electrons. The SMILES string of the molecule is CN=C(NCCCOCC1CCOC1)N1CCOC(C2CCCO2)C1. The number of rotatable bonds is 7. The largest absolute Gasteiger partial charge is 0.381 e. The zero-order chi connectivity index (χ0) is 17.3. The zero-order valence-corrected chi connectivity index (χ0v) is 15.5. The van der Waals surface area contributed by atoms with Crippen LogP contribution in [0.3, 0.4) is 0 Å². The minimum absolute atomic E-state index is 0.159. The number of guanidine groups is 1. The second-order valence-electron chi connectivity index (χ2n) is 7.04. The van der Waals surface area contributed by atoms with Crippen LogP contribution in [0.15, 0.2) is 4.99 Å². The summed E-state index contributed by atoms with van der Waals surface area (Å²) in [5.41, 5.74) is 0. The lowest BCUT2D eigenvalue weighted by Crippen LogP contribution is -2.53. The van der Waals surface area contributed by atoms with Gasteiger partial charge in [-0.3, -0.25) is 4.99 Å². The fourth-order valence-corrected chi connectivity index (χ4v) is 3.66. The third kappa shape index (κ3) is 5.81. The van der Waals surface area contributed by atoms with Crippen LogP contribution < -0.4 is 5.32 Å². The van der Waals surface area contributed by atoms with Crippen molar-refractivity contribution >= 4 is 5.96 Å². The lowest BCUT2D eigenvalue weighted by Gasteiger charge is -2.37. The summed E-state index contributed by atoms with van der Waals surface area (Å²) in [6.45, 7) is 7.54. The van der Waals surface area contributed by atoms with Crippen LogP contribution >= 0.6 is 0 Å². The lowest BCUT2D eigenvalue weighted by molar-refractivity contribution is -0.0817. The molecule has 0 amide bonds. The molecule has 0 aromatic heterocycles. The number of nitrogens with one attached hydrogen (secondary N) is 1. The molecule has 3 aliphatic heterocycles. The third-order valence-corrected chi connectivity index (χ3v) is 5.11. The van der Waals surface area contributed by atoms with Crippen molar-refractivity contribution in [2.45, 2.75) is 37.9 Å². The van der Waals surface area contributed by atoms with E-state index in [1.165, 1.54) is 0 Å². The van der Waals surface area contributed by atoms with Gasteiger partial charge < -0.3 is 29.2 Å². The Morgan fingerprint density at radius 2 is 2.12 bits per heavy atom. The Morgan fingerprint density at radius 3 is 2.88 bits per heavy atom. The molecule has 3 saturated heterocycles. The van der Waals surface area contributed by atoms with Gasteiger partial charge in [-0.2, -0.15) is 0 Å². The van der Waals surface area contributed by atoms with Crippen LogP contribution in [0.4, 0.5) is 0 Å². The highest BCUT2D eigenvalue weighted by Crippen LogP contribution is 2.21. The van der Waals surface area contributed by atoms with Crippen molar-refractivity contribution in [1.29, 1.82) is 0 Å². The van der Waals surface area contributed by atoms with Gasteiger partial charge in [0.15, 0.2) is 5.96 Å². The van der Waals surface area contributed by atoms with Gasteiger partial charge in [-0.15, -0.1) is 0 Å². The molecule has 0 bridgehead atoms. The first-order valence-corrected chi connectivity index (χ1v) is 9.71. The monoisotopic (exact) mass is 355 g/mol. The predicted molar refractivity (Wildman–Crippen MR) is 96.0 cm³/mol. The Hall–Kier alpha value is -0.890. The van der Waals surface area contributed by atoms with Crippen LogP contribution in [0.25, 0.3) is 0 Å². The lowest BCUT2D eigenvalue weighted by atomic mass is 10.1. The fourth-order valence-electron chi connectivity index (χ4n) is 3.66. The number of aliphatic imine (C=N–C) groups is 1. The molecule has 3 aliphatic rings. The van der Waals surface area contributed by atoms with E-state index < -0.39 is 0 Å². The van der Waals surface area contributed by atoms with Crippen LogP contribution in [0.2, 0.25) is 0 Å². The second kappa shape index (κ2) is 10.3. The summed E-state index contributed by atoms with van der Waals surface area (Å²) in [5.74, 6) is 1.54. The van der Waals surface area contributed by atoms with Gasteiger partial charge in [0.1, 0.15) is 6.10 Å². The average molecular weight is 355 g/mol. The van der Waals surface area contributed by atoms with Crippen LogP contribution in [-0.2, 0) is 18.9 Å². The number of morpholine rings is 1. The molecule has 7 nitrogen and oxygen atoms in total. The minimum Gasteiger partial charge on any atom is -0.381 e. The van der Waals surface area contributed by atoms with Crippen molar-refractivity contribution in [2.24, 2.45) is 10.9 Å². The van der Waals surface area contributed by atoms with E-state index in [0.717, 1.165) is 90.9 Å². The first kappa shape index (κ1) is 18.9. The number of nitrogens with zero attached hydrogens (tertiary/aromatic N) is 2. The molecule has 0 saturated carbocycles. The summed E-state index contributed by atoms with van der Waals surface area (Å²) in [5, 5.41) is 3.45. The molecule has 0 aliphatic carbocycles. The van der Waals surface area contributed by atoms with Gasteiger partial charge in [0.2, 0.25) is 0 Å². The molecule has 3 fully saturated rings. The van der Waals surface area contributed by atoms with Crippen LogP contribution in [-0.4, -0.2) is 89.4 Å². The molecule has 7 heteroatoms. The molecule has 25 heavy (non-hydrogen) atoms. The van der Waals surface area contributed by atoms with E-state index in [4.69, 9.17) is 18.9 Å². The summed E-state index contributed by atoms with van der Waals surface area (Å²) in [7, 11) is 1.84. The van der Waals surface area contributed by atoms with E-state index >= 15 is 0 Å². The van der Waals surface area contributed by atoms with E-state index in [9.17, 15) is 0 Å². The average Bonchev–Trinajstić information content (AvgIpc) is 3.35. The van der Waals surface area contributed by atoms with E-state index in [2.05, 4.69) is 15.2 Å². The highest BCUT2D eigenvalue weighted by atomic mass is 16.5. The molecule has 0 radical (unpaired) electrons. The Balaban J connectivity index is 1.31. The molecule has 3 unspecified atom stereocenters. The first-order valence-electron chi connectivity index (χ1n) is 9.71. The van der Waals surface area contributed by atoms with Crippen molar-refractivity contribution in [1.82, 2.24) is 10.2 Å². The Bertz CT molecular complexity index is 409. The molecule has 0 aromatic rings. The van der Waals surface area contributed by atoms with Crippen LogP contribution in [0.1, 0.15) is 25.7 Å². The highest BCUT2D eigenvalue weighted by molar-refractivity contribution is 5.80. The molecule has 0 aromatic carbocycles. The van der Waals surface area contributed by atoms with Crippen molar-refractivity contribution < 1.29 is 18.9 Å². The number of ether oxygens (including phenoxy) is 4. The maximum Gasteiger partial charge on any atom is 0.193 e. The smallest absolute Gasteiger partial charge is 0.193 e. The van der Waals surface area contributed by atoms with Crippen molar-refractivity contribution in [3.05, 3.63) is 0 Å². The summed E-state index contributed by atoms with van der Waals surface area (Å²) >= 11 is 0. The maximum atomic E-state index is 5.91. The van der Waals surface area contributed by atoms with E-state index in [1.54, 1.807) is 0 Å². The second-order valence-corrected chi connectivity index (χ2v) is 7.04. The Labute approximate surface area is 151 Å². The third-order valence-electron chi connectivity index (χ3n) is 5.11. The fraction of sp³-hybridized carbons (Fsp3) is 0.944. The van der Waals surface area contributed by atoms with Gasteiger partial charge in [0.25, 0.3) is 0 Å². The molecule has 1 N–H and O–H groups in total. The zero-order valence-electron chi connectivity index (χ0n) is 15.5. The first-order chi connectivity index (χ1) is 12.4. The molecular formula is C18H33N3O4. The summed E-state index contributed by atoms with van der Waals surface area (Å²) in [6, 6.07) is 0. The minimum atomic E-state index is 0.159. The van der Waals surface area contributed by atoms with Gasteiger partial charge in [0, 0.05) is 52.4 Å². The van der Waals surface area contributed by atoms with Gasteiger partial charge >= 0.3 is 0 Å². The van der Waals surface area contributed by atoms with Crippen molar-refractivity contribution in [3.63, 3.8) is 0 Å². The van der Waals surface area contributed by atoms with E-state index in [1.807, 2.05) is 7.05 Å². The van der Waals surface area contributed by atoms with Crippen LogP contribution in [0, 0.1) is 5.92 Å². The van der Waals surface area contributed by atoms with Crippen LogP contribution in [0.5, 0.6) is 0 Å². The highest BCUT2D eigenvalue weighted by Gasteiger charge is 2.32. The Kier molecular flexibility index (Phi) is 7.79. The molecular weight excluding hydrogens is 322 g/mol. The van der Waals surface area contributed by atoms with Gasteiger partial charge in [0.05, 0.1) is 25.9 Å². The van der Waals surface area contributed by atoms with Gasteiger partial charge in [-0.05, 0) is 25.7 Å².